The third kappa shape index (κ3) is 4.45. The van der Waals surface area contributed by atoms with Crippen LogP contribution in [0.15, 0.2) is 53.4 Å². The van der Waals surface area contributed by atoms with Crippen molar-refractivity contribution < 1.29 is 17.6 Å². The standard InChI is InChI=1S/C20H21FN4O3S/c1-15(20(26)23-18-8-4-2-6-16(18)14-22)24-10-12-25(13-11-24)29(27,28)19-9-5-3-7-17(19)21/h2-9,15H,10-13H2,1H3,(H,23,26)/t15-/m1/s1. The fourth-order valence-electron chi connectivity index (χ4n) is 3.22. The summed E-state index contributed by atoms with van der Waals surface area (Å²) in [5.41, 5.74) is 0.807. The first kappa shape index (κ1) is 20.9. The number of nitrogens with one attached hydrogen (secondary N) is 1. The fourth-order valence-corrected chi connectivity index (χ4v) is 4.70. The molecule has 3 rings (SSSR count). The van der Waals surface area contributed by atoms with E-state index in [0.29, 0.717) is 24.3 Å². The summed E-state index contributed by atoms with van der Waals surface area (Å²) in [6.07, 6.45) is 0. The lowest BCUT2D eigenvalue weighted by atomic mass is 10.1. The predicted molar refractivity (Wildman–Crippen MR) is 106 cm³/mol. The van der Waals surface area contributed by atoms with E-state index >= 15 is 0 Å². The Labute approximate surface area is 169 Å². The van der Waals surface area contributed by atoms with Gasteiger partial charge in [0, 0.05) is 26.2 Å². The van der Waals surface area contributed by atoms with Gasteiger partial charge >= 0.3 is 0 Å². The number of nitriles is 1. The molecule has 0 radical (unpaired) electrons. The van der Waals surface area contributed by atoms with Crippen molar-refractivity contribution in [3.8, 4) is 6.07 Å². The maximum atomic E-state index is 13.9. The smallest absolute Gasteiger partial charge is 0.246 e. The lowest BCUT2D eigenvalue weighted by Gasteiger charge is -2.36. The molecule has 7 nitrogen and oxygen atoms in total. The van der Waals surface area contributed by atoms with Gasteiger partial charge < -0.3 is 5.32 Å². The van der Waals surface area contributed by atoms with Crippen molar-refractivity contribution in [3.63, 3.8) is 0 Å². The highest BCUT2D eigenvalue weighted by Crippen LogP contribution is 2.21. The number of amides is 1. The SMILES string of the molecule is C[C@H](C(=O)Nc1ccccc1C#N)N1CCN(S(=O)(=O)c2ccccc2F)CC1. The molecule has 152 valence electrons. The third-order valence-electron chi connectivity index (χ3n) is 4.96. The molecular weight excluding hydrogens is 395 g/mol. The van der Waals surface area contributed by atoms with Gasteiger partial charge in [-0.2, -0.15) is 9.57 Å². The number of sulfonamides is 1. The summed E-state index contributed by atoms with van der Waals surface area (Å²) >= 11 is 0. The molecule has 0 aliphatic carbocycles. The molecule has 1 saturated heterocycles. The summed E-state index contributed by atoms with van der Waals surface area (Å²) < 4.78 is 40.5. The van der Waals surface area contributed by atoms with Crippen LogP contribution in [0.4, 0.5) is 10.1 Å². The summed E-state index contributed by atoms with van der Waals surface area (Å²) in [4.78, 5) is 14.1. The maximum absolute atomic E-state index is 13.9. The Balaban J connectivity index is 1.64. The molecule has 1 atom stereocenters. The van der Waals surface area contributed by atoms with E-state index in [9.17, 15) is 17.6 Å². The first-order chi connectivity index (χ1) is 13.8. The topological polar surface area (TPSA) is 93.5 Å². The molecule has 1 aliphatic heterocycles. The van der Waals surface area contributed by atoms with Gasteiger partial charge in [-0.3, -0.25) is 9.69 Å². The summed E-state index contributed by atoms with van der Waals surface area (Å²) in [5.74, 6) is -1.06. The minimum absolute atomic E-state index is 0.156. The number of hydrogen-bond donors (Lipinski definition) is 1. The molecule has 2 aromatic rings. The molecule has 0 aromatic heterocycles. The molecule has 0 spiro atoms. The van der Waals surface area contributed by atoms with Crippen molar-refractivity contribution in [1.29, 1.82) is 5.26 Å². The summed E-state index contributed by atoms with van der Waals surface area (Å²) in [5, 5.41) is 11.9. The molecule has 1 amide bonds. The van der Waals surface area contributed by atoms with Crippen LogP contribution in [0.25, 0.3) is 0 Å². The minimum Gasteiger partial charge on any atom is -0.324 e. The molecule has 0 unspecified atom stereocenters. The Morgan fingerprint density at radius 1 is 1.10 bits per heavy atom. The summed E-state index contributed by atoms with van der Waals surface area (Å²) in [6.45, 7) is 2.71. The van der Waals surface area contributed by atoms with Crippen LogP contribution in [0, 0.1) is 17.1 Å². The number of halogens is 1. The second-order valence-electron chi connectivity index (χ2n) is 6.69. The maximum Gasteiger partial charge on any atom is 0.246 e. The van der Waals surface area contributed by atoms with Crippen LogP contribution in [0.2, 0.25) is 0 Å². The van der Waals surface area contributed by atoms with E-state index < -0.39 is 21.9 Å². The molecule has 1 fully saturated rings. The van der Waals surface area contributed by atoms with Crippen molar-refractivity contribution in [2.24, 2.45) is 0 Å². The first-order valence-corrected chi connectivity index (χ1v) is 10.6. The van der Waals surface area contributed by atoms with Crippen LogP contribution in [0.1, 0.15) is 12.5 Å². The van der Waals surface area contributed by atoms with Gasteiger partial charge in [-0.25, -0.2) is 12.8 Å². The van der Waals surface area contributed by atoms with Crippen LogP contribution >= 0.6 is 0 Å². The average molecular weight is 416 g/mol. The van der Waals surface area contributed by atoms with Crippen LogP contribution in [-0.2, 0) is 14.8 Å². The lowest BCUT2D eigenvalue weighted by molar-refractivity contribution is -0.121. The number of para-hydroxylation sites is 1. The molecule has 29 heavy (non-hydrogen) atoms. The molecular formula is C20H21FN4O3S. The summed E-state index contributed by atoms with van der Waals surface area (Å²) in [7, 11) is -3.92. The molecule has 1 aliphatic rings. The van der Waals surface area contributed by atoms with Crippen molar-refractivity contribution in [2.75, 3.05) is 31.5 Å². The van der Waals surface area contributed by atoms with Crippen molar-refractivity contribution in [1.82, 2.24) is 9.21 Å². The normalized spacial score (nSPS) is 16.7. The zero-order valence-electron chi connectivity index (χ0n) is 15.9. The highest BCUT2D eigenvalue weighted by atomic mass is 32.2. The highest BCUT2D eigenvalue weighted by Gasteiger charge is 2.33. The quantitative estimate of drug-likeness (QED) is 0.805. The van der Waals surface area contributed by atoms with Crippen LogP contribution in [0.3, 0.4) is 0 Å². The number of anilines is 1. The van der Waals surface area contributed by atoms with Crippen molar-refractivity contribution >= 4 is 21.6 Å². The number of carbonyl (C=O) groups excluding carboxylic acids is 1. The molecule has 9 heteroatoms. The minimum atomic E-state index is -3.92. The number of carbonyl (C=O) groups is 1. The zero-order valence-corrected chi connectivity index (χ0v) is 16.7. The molecule has 0 bridgehead atoms. The van der Waals surface area contributed by atoms with Crippen molar-refractivity contribution in [3.05, 3.63) is 59.9 Å². The number of hydrogen-bond acceptors (Lipinski definition) is 5. The van der Waals surface area contributed by atoms with E-state index in [1.807, 2.05) is 11.0 Å². The number of nitrogens with zero attached hydrogens (tertiary/aromatic N) is 3. The average Bonchev–Trinajstić information content (AvgIpc) is 2.73. The van der Waals surface area contributed by atoms with E-state index in [1.165, 1.54) is 22.5 Å². The first-order valence-electron chi connectivity index (χ1n) is 9.13. The molecule has 1 N–H and O–H groups in total. The van der Waals surface area contributed by atoms with Gasteiger partial charge in [0.25, 0.3) is 0 Å². The Hall–Kier alpha value is -2.80. The second-order valence-corrected chi connectivity index (χ2v) is 8.60. The van der Waals surface area contributed by atoms with Gasteiger partial charge in [0.2, 0.25) is 15.9 Å². The number of piperazine rings is 1. The Morgan fingerprint density at radius 2 is 1.72 bits per heavy atom. The van der Waals surface area contributed by atoms with Gasteiger partial charge in [0.05, 0.1) is 17.3 Å². The van der Waals surface area contributed by atoms with E-state index in [4.69, 9.17) is 5.26 Å². The third-order valence-corrected chi connectivity index (χ3v) is 6.89. The Morgan fingerprint density at radius 3 is 2.38 bits per heavy atom. The van der Waals surface area contributed by atoms with E-state index in [0.717, 1.165) is 6.07 Å². The largest absolute Gasteiger partial charge is 0.324 e. The molecule has 2 aromatic carbocycles. The van der Waals surface area contributed by atoms with Gasteiger partial charge in [-0.05, 0) is 31.2 Å². The van der Waals surface area contributed by atoms with Crippen molar-refractivity contribution in [2.45, 2.75) is 17.9 Å². The predicted octanol–water partition coefficient (Wildman–Crippen LogP) is 2.03. The number of benzene rings is 2. The highest BCUT2D eigenvalue weighted by molar-refractivity contribution is 7.89. The lowest BCUT2D eigenvalue weighted by Crippen LogP contribution is -2.54. The van der Waals surface area contributed by atoms with E-state index in [1.54, 1.807) is 31.2 Å². The van der Waals surface area contributed by atoms with Gasteiger partial charge in [0.1, 0.15) is 16.8 Å². The second kappa shape index (κ2) is 8.69. The molecule has 0 saturated carbocycles. The monoisotopic (exact) mass is 416 g/mol. The van der Waals surface area contributed by atoms with Crippen LogP contribution in [-0.4, -0.2) is 55.8 Å². The van der Waals surface area contributed by atoms with E-state index in [2.05, 4.69) is 5.32 Å². The van der Waals surface area contributed by atoms with Crippen LogP contribution in [0.5, 0.6) is 0 Å². The van der Waals surface area contributed by atoms with Gasteiger partial charge in [-0.1, -0.05) is 24.3 Å². The Bertz CT molecular complexity index is 1040. The van der Waals surface area contributed by atoms with Gasteiger partial charge in [-0.15, -0.1) is 0 Å². The summed E-state index contributed by atoms with van der Waals surface area (Å²) in [6, 6.07) is 13.5. The van der Waals surface area contributed by atoms with Crippen LogP contribution < -0.4 is 5.32 Å². The van der Waals surface area contributed by atoms with Gasteiger partial charge in [0.15, 0.2) is 0 Å². The fraction of sp³-hybridized carbons (Fsp3) is 0.300. The Kier molecular flexibility index (Phi) is 6.27. The number of rotatable bonds is 5. The molecule has 1 heterocycles. The van der Waals surface area contributed by atoms with E-state index in [-0.39, 0.29) is 23.9 Å². The zero-order chi connectivity index (χ0) is 21.0.